The fourth-order valence-electron chi connectivity index (χ4n) is 2.96. The normalized spacial score (nSPS) is 10.0. The molecule has 1 amide bonds. The average molecular weight is 536 g/mol. The number of carbonyl (C=O) groups is 4. The number of aliphatic carboxylic acids is 3. The molecule has 0 radical (unpaired) electrons. The molecule has 0 aliphatic carbocycles. The van der Waals surface area contributed by atoms with Gasteiger partial charge >= 0.3 is 17.9 Å². The minimum absolute atomic E-state index is 0.238. The van der Waals surface area contributed by atoms with Gasteiger partial charge < -0.3 is 20.6 Å². The van der Waals surface area contributed by atoms with Crippen molar-refractivity contribution >= 4 is 45.4 Å². The Morgan fingerprint density at radius 1 is 0.647 bits per heavy atom. The zero-order valence-corrected chi connectivity index (χ0v) is 20.4. The molecule has 2 aromatic rings. The molecule has 0 unspecified atom stereocenters. The van der Waals surface area contributed by atoms with Crippen molar-refractivity contribution in [2.45, 2.75) is 57.8 Å². The van der Waals surface area contributed by atoms with Crippen LogP contribution in [0.3, 0.4) is 0 Å². The van der Waals surface area contributed by atoms with Gasteiger partial charge in [0, 0.05) is 23.0 Å². The van der Waals surface area contributed by atoms with E-state index in [4.69, 9.17) is 15.3 Å². The van der Waals surface area contributed by atoms with Crippen LogP contribution in [0.1, 0.15) is 56.1 Å². The van der Waals surface area contributed by atoms with Gasteiger partial charge in [-0.15, -0.1) is 0 Å². The molecule has 0 saturated heterocycles. The highest BCUT2D eigenvalue weighted by Gasteiger charge is 2.07. The van der Waals surface area contributed by atoms with Crippen LogP contribution >= 0.6 is 15.9 Å². The van der Waals surface area contributed by atoms with Crippen LogP contribution in [0, 0.1) is 0 Å². The minimum atomic E-state index is -1.14. The number of unbranched alkanes of at least 4 members (excludes halogenated alkanes) is 2. The second-order valence-corrected chi connectivity index (χ2v) is 8.56. The van der Waals surface area contributed by atoms with E-state index >= 15 is 0 Å². The molecular formula is C25H30BrNO7. The summed E-state index contributed by atoms with van der Waals surface area (Å²) in [5, 5.41) is 27.9. The summed E-state index contributed by atoms with van der Waals surface area (Å²) >= 11 is 3.25. The number of anilines is 1. The smallest absolute Gasteiger partial charge is 0.312 e. The van der Waals surface area contributed by atoms with Crippen molar-refractivity contribution in [3.63, 3.8) is 0 Å². The lowest BCUT2D eigenvalue weighted by Crippen LogP contribution is -2.15. The molecule has 0 fully saturated rings. The number of hydrogen-bond acceptors (Lipinski definition) is 4. The number of aryl methyl sites for hydroxylation is 2. The Morgan fingerprint density at radius 3 is 1.47 bits per heavy atom. The zero-order valence-electron chi connectivity index (χ0n) is 18.8. The van der Waals surface area contributed by atoms with Gasteiger partial charge in [0.25, 0.3) is 0 Å². The Hall–Kier alpha value is -3.20. The van der Waals surface area contributed by atoms with Crippen molar-refractivity contribution in [2.75, 3.05) is 5.32 Å². The van der Waals surface area contributed by atoms with Gasteiger partial charge in [0.15, 0.2) is 0 Å². The number of hydrogen-bond donors (Lipinski definition) is 4. The van der Waals surface area contributed by atoms with Crippen LogP contribution in [0.5, 0.6) is 0 Å². The second kappa shape index (κ2) is 16.4. The maximum absolute atomic E-state index is 11.0. The standard InChI is InChI=1S/C16H22O4.C9H8BrNO3/c17-15(18)7-3-1-5-13-9-11-14(12-10-13)6-2-4-8-16(19)20;10-6-1-3-7(4-2-6)11-8(12)5-9(13)14/h9-12H,1-8H2,(H,17,18)(H,19,20);1-4H,5H2,(H,11,12)(H,13,14). The molecule has 0 aliphatic heterocycles. The Kier molecular flexibility index (Phi) is 13.9. The Bertz CT molecular complexity index is 886. The van der Waals surface area contributed by atoms with Gasteiger partial charge in [-0.1, -0.05) is 40.2 Å². The zero-order chi connectivity index (χ0) is 25.3. The Morgan fingerprint density at radius 2 is 1.09 bits per heavy atom. The van der Waals surface area contributed by atoms with Crippen molar-refractivity contribution in [1.29, 1.82) is 0 Å². The quantitative estimate of drug-likeness (QED) is 0.205. The topological polar surface area (TPSA) is 141 Å². The maximum atomic E-state index is 11.0. The molecule has 8 nitrogen and oxygen atoms in total. The first-order valence-electron chi connectivity index (χ1n) is 10.9. The van der Waals surface area contributed by atoms with Gasteiger partial charge in [-0.2, -0.15) is 0 Å². The lowest BCUT2D eigenvalue weighted by atomic mass is 10.0. The van der Waals surface area contributed by atoms with E-state index in [1.807, 2.05) is 0 Å². The molecular weight excluding hydrogens is 506 g/mol. The number of benzene rings is 2. The van der Waals surface area contributed by atoms with E-state index < -0.39 is 30.2 Å². The SMILES string of the molecule is O=C(O)CC(=O)Nc1ccc(Br)cc1.O=C(O)CCCCc1ccc(CCCCC(=O)O)cc1. The summed E-state index contributed by atoms with van der Waals surface area (Å²) in [6.45, 7) is 0. The Balaban J connectivity index is 0.000000362. The summed E-state index contributed by atoms with van der Waals surface area (Å²) < 4.78 is 0.897. The lowest BCUT2D eigenvalue weighted by molar-refractivity contribution is -0.140. The predicted octanol–water partition coefficient (Wildman–Crippen LogP) is 5.14. The first kappa shape index (κ1) is 28.8. The van der Waals surface area contributed by atoms with E-state index in [1.165, 1.54) is 11.1 Å². The summed E-state index contributed by atoms with van der Waals surface area (Å²) in [5.74, 6) is -3.14. The number of carboxylic acids is 3. The highest BCUT2D eigenvalue weighted by atomic mass is 79.9. The molecule has 184 valence electrons. The highest BCUT2D eigenvalue weighted by Crippen LogP contribution is 2.14. The molecule has 4 N–H and O–H groups in total. The van der Waals surface area contributed by atoms with E-state index in [-0.39, 0.29) is 12.8 Å². The van der Waals surface area contributed by atoms with Crippen LogP contribution in [0.25, 0.3) is 0 Å². The Labute approximate surface area is 207 Å². The van der Waals surface area contributed by atoms with E-state index in [0.717, 1.165) is 30.2 Å². The minimum Gasteiger partial charge on any atom is -0.481 e. The third-order valence-electron chi connectivity index (χ3n) is 4.67. The third kappa shape index (κ3) is 14.8. The van der Waals surface area contributed by atoms with Crippen molar-refractivity contribution in [3.05, 3.63) is 64.1 Å². The maximum Gasteiger partial charge on any atom is 0.312 e. The van der Waals surface area contributed by atoms with E-state index in [9.17, 15) is 19.2 Å². The van der Waals surface area contributed by atoms with Crippen LogP contribution in [0.4, 0.5) is 5.69 Å². The first-order chi connectivity index (χ1) is 16.2. The number of carboxylic acid groups (broad SMARTS) is 3. The van der Waals surface area contributed by atoms with Gasteiger partial charge in [0.05, 0.1) is 0 Å². The summed E-state index contributed by atoms with van der Waals surface area (Å²) in [6, 6.07) is 15.2. The van der Waals surface area contributed by atoms with E-state index in [1.54, 1.807) is 24.3 Å². The number of amides is 1. The number of carbonyl (C=O) groups excluding carboxylic acids is 1. The molecule has 0 bridgehead atoms. The molecule has 0 atom stereocenters. The molecule has 0 heterocycles. The lowest BCUT2D eigenvalue weighted by Gasteiger charge is -2.04. The average Bonchev–Trinajstić information content (AvgIpc) is 2.76. The fraction of sp³-hybridized carbons (Fsp3) is 0.360. The predicted molar refractivity (Wildman–Crippen MR) is 132 cm³/mol. The van der Waals surface area contributed by atoms with Crippen molar-refractivity contribution in [3.8, 4) is 0 Å². The van der Waals surface area contributed by atoms with Crippen molar-refractivity contribution in [2.24, 2.45) is 0 Å². The van der Waals surface area contributed by atoms with Crippen LogP contribution in [-0.2, 0) is 32.0 Å². The summed E-state index contributed by atoms with van der Waals surface area (Å²) in [4.78, 5) is 42.0. The molecule has 0 aromatic heterocycles. The van der Waals surface area contributed by atoms with E-state index in [0.29, 0.717) is 18.5 Å². The molecule has 0 spiro atoms. The summed E-state index contributed by atoms with van der Waals surface area (Å²) in [5.41, 5.74) is 3.04. The molecule has 9 heteroatoms. The van der Waals surface area contributed by atoms with Gasteiger partial charge in [0.2, 0.25) is 5.91 Å². The fourth-order valence-corrected chi connectivity index (χ4v) is 3.22. The number of rotatable bonds is 13. The highest BCUT2D eigenvalue weighted by molar-refractivity contribution is 9.10. The second-order valence-electron chi connectivity index (χ2n) is 7.64. The first-order valence-corrected chi connectivity index (χ1v) is 11.7. The number of nitrogens with one attached hydrogen (secondary N) is 1. The molecule has 2 aromatic carbocycles. The van der Waals surface area contributed by atoms with Crippen LogP contribution in [0.15, 0.2) is 53.0 Å². The van der Waals surface area contributed by atoms with E-state index in [2.05, 4.69) is 45.5 Å². The third-order valence-corrected chi connectivity index (χ3v) is 5.20. The molecule has 2 rings (SSSR count). The van der Waals surface area contributed by atoms with Gasteiger partial charge in [-0.25, -0.2) is 0 Å². The van der Waals surface area contributed by atoms with Crippen LogP contribution in [0.2, 0.25) is 0 Å². The van der Waals surface area contributed by atoms with Gasteiger partial charge in [-0.3, -0.25) is 19.2 Å². The van der Waals surface area contributed by atoms with Crippen LogP contribution in [-0.4, -0.2) is 39.1 Å². The largest absolute Gasteiger partial charge is 0.481 e. The van der Waals surface area contributed by atoms with Crippen molar-refractivity contribution < 1.29 is 34.5 Å². The van der Waals surface area contributed by atoms with Gasteiger partial charge in [-0.05, 0) is 73.9 Å². The summed E-state index contributed by atoms with van der Waals surface area (Å²) in [7, 11) is 0. The van der Waals surface area contributed by atoms with Crippen LogP contribution < -0.4 is 5.32 Å². The summed E-state index contributed by atoms with van der Waals surface area (Å²) in [6.07, 6.45) is 4.99. The monoisotopic (exact) mass is 535 g/mol. The molecule has 34 heavy (non-hydrogen) atoms. The molecule has 0 saturated carbocycles. The van der Waals surface area contributed by atoms with Gasteiger partial charge in [0.1, 0.15) is 6.42 Å². The van der Waals surface area contributed by atoms with Crippen molar-refractivity contribution in [1.82, 2.24) is 0 Å². The number of halogens is 1. The molecule has 0 aliphatic rings.